The maximum Gasteiger partial charge on any atom is 0.264 e. The Hall–Kier alpha value is -2.50. The van der Waals surface area contributed by atoms with Gasteiger partial charge in [-0.25, -0.2) is 4.98 Å². The second-order valence-corrected chi connectivity index (χ2v) is 4.54. The minimum Gasteiger partial charge on any atom is -0.398 e. The Kier molecular flexibility index (Phi) is 1.71. The number of ketones is 2. The molecular weight excluding hydrogens is 270 g/mol. The predicted octanol–water partition coefficient (Wildman–Crippen LogP) is 1.15. The molecule has 2 unspecified atom stereocenters. The lowest BCUT2D eigenvalue weighted by Gasteiger charge is -2.24. The third-order valence-corrected chi connectivity index (χ3v) is 3.21. The largest absolute Gasteiger partial charge is 0.398 e. The van der Waals surface area contributed by atoms with Crippen molar-refractivity contribution in [2.75, 3.05) is 5.73 Å². The molecule has 1 aromatic carbocycles. The van der Waals surface area contributed by atoms with Gasteiger partial charge in [0.15, 0.2) is 5.78 Å². The number of benzene rings is 1. The Morgan fingerprint density at radius 3 is 3.10 bits per heavy atom. The first-order chi connectivity index (χ1) is 12.9. The second-order valence-electron chi connectivity index (χ2n) is 4.54. The number of aryl methyl sites for hydroxylation is 1. The summed E-state index contributed by atoms with van der Waals surface area (Å²) in [5.74, 6) is -2.34. The van der Waals surface area contributed by atoms with Gasteiger partial charge in [0.05, 0.1) is 28.8 Å². The van der Waals surface area contributed by atoms with Crippen LogP contribution in [0.15, 0.2) is 22.9 Å². The summed E-state index contributed by atoms with van der Waals surface area (Å²) in [4.78, 5) is 41.2. The molecule has 3 rings (SSSR count). The molecule has 0 spiro atoms. The fourth-order valence-corrected chi connectivity index (χ4v) is 2.22. The third kappa shape index (κ3) is 2.12. The average Bonchev–Trinajstić information content (AvgIpc) is 2.62. The van der Waals surface area contributed by atoms with Crippen LogP contribution < -0.4 is 11.3 Å². The van der Waals surface area contributed by atoms with E-state index in [9.17, 15) is 14.4 Å². The van der Waals surface area contributed by atoms with Crippen LogP contribution in [0, 0.1) is 6.88 Å². The molecule has 0 aliphatic heterocycles. The molecule has 6 nitrogen and oxygen atoms in total. The molecule has 0 bridgehead atoms. The van der Waals surface area contributed by atoms with Crippen LogP contribution in [0.4, 0.5) is 5.69 Å². The van der Waals surface area contributed by atoms with E-state index < -0.39 is 89.8 Å². The lowest BCUT2D eigenvalue weighted by atomic mass is 9.92. The quantitative estimate of drug-likeness (QED) is 0.628. The molecule has 0 radical (unpaired) electrons. The normalized spacial score (nSPS) is 31.1. The van der Waals surface area contributed by atoms with Gasteiger partial charge in [-0.3, -0.25) is 19.0 Å². The molecule has 0 amide bonds. The van der Waals surface area contributed by atoms with Gasteiger partial charge in [0, 0.05) is 16.2 Å². The lowest BCUT2D eigenvalue weighted by Crippen LogP contribution is -2.36. The molecule has 2 N–H and O–H groups in total. The van der Waals surface area contributed by atoms with Crippen LogP contribution in [0.5, 0.6) is 0 Å². The van der Waals surface area contributed by atoms with E-state index in [1.54, 1.807) is 0 Å². The summed E-state index contributed by atoms with van der Waals surface area (Å²) in [5, 5.41) is -0.478. The SMILES string of the molecule is [2H]c1c([2H])c(N)c2c(=O)n(C3([2H])CC([2H])C(=O)CC3=O)c(C([2H])[2H])nc2c1[2H]. The van der Waals surface area contributed by atoms with Crippen molar-refractivity contribution in [1.82, 2.24) is 9.55 Å². The molecule has 108 valence electrons. The fourth-order valence-electron chi connectivity index (χ4n) is 2.22. The van der Waals surface area contributed by atoms with Crippen molar-refractivity contribution < 1.29 is 19.2 Å². The first-order valence-corrected chi connectivity index (χ1v) is 6.07. The van der Waals surface area contributed by atoms with E-state index in [0.29, 0.717) is 4.57 Å². The summed E-state index contributed by atoms with van der Waals surface area (Å²) < 4.78 is 55.6. The number of nitrogen functional groups attached to an aromatic ring is 1. The molecule has 1 saturated carbocycles. The van der Waals surface area contributed by atoms with Gasteiger partial charge in [-0.1, -0.05) is 6.04 Å². The molecule has 1 aromatic heterocycles. The number of nitrogens with zero attached hydrogens (tertiary/aromatic N) is 2. The van der Waals surface area contributed by atoms with Crippen LogP contribution in [0.2, 0.25) is 0 Å². The minimum absolute atomic E-state index is 0.412. The molecule has 21 heavy (non-hydrogen) atoms. The first-order valence-electron chi connectivity index (χ1n) is 9.80. The summed E-state index contributed by atoms with van der Waals surface area (Å²) in [6.45, 7) is -1.94. The summed E-state index contributed by atoms with van der Waals surface area (Å²) in [7, 11) is 0. The highest BCUT2D eigenvalue weighted by atomic mass is 16.2. The zero-order valence-corrected chi connectivity index (χ0v) is 10.8. The molecule has 1 aliphatic carbocycles. The predicted molar refractivity (Wildman–Crippen MR) is 78.1 cm³/mol. The van der Waals surface area contributed by atoms with Gasteiger partial charge >= 0.3 is 0 Å². The zero-order chi connectivity index (χ0) is 21.1. The zero-order valence-electron chi connectivity index (χ0n) is 17.8. The van der Waals surface area contributed by atoms with Crippen molar-refractivity contribution in [2.45, 2.75) is 32.1 Å². The van der Waals surface area contributed by atoms with Crippen molar-refractivity contribution in [2.24, 2.45) is 0 Å². The molecule has 2 atom stereocenters. The minimum atomic E-state index is -2.45. The summed E-state index contributed by atoms with van der Waals surface area (Å²) in [6, 6.07) is -4.27. The van der Waals surface area contributed by atoms with Gasteiger partial charge in [-0.05, 0) is 25.4 Å². The summed E-state index contributed by atoms with van der Waals surface area (Å²) >= 11 is 0. The molecule has 6 heteroatoms. The van der Waals surface area contributed by atoms with Crippen LogP contribution in [-0.2, 0) is 9.59 Å². The topological polar surface area (TPSA) is 95.0 Å². The van der Waals surface area contributed by atoms with E-state index in [1.807, 2.05) is 0 Å². The van der Waals surface area contributed by atoms with Gasteiger partial charge < -0.3 is 5.73 Å². The molecule has 1 fully saturated rings. The standard InChI is InChI=1S/C15H15N3O3/c1-8-17-11-4-2-3-10(16)14(11)15(21)18(8)12-6-5-9(19)7-13(12)20/h2-4,12H,5-7,16H2,1H3/i1D2,2D,3D,4D,5D,12D. The smallest absolute Gasteiger partial charge is 0.264 e. The van der Waals surface area contributed by atoms with E-state index in [4.69, 9.17) is 15.3 Å². The second kappa shape index (κ2) is 4.80. The number of aromatic nitrogens is 2. The van der Waals surface area contributed by atoms with Crippen molar-refractivity contribution in [1.29, 1.82) is 0 Å². The number of nitrogens with two attached hydrogens (primary N) is 1. The Labute approximate surface area is 130 Å². The Balaban J connectivity index is 2.48. The molecular formula is C15H15N3O3. The Morgan fingerprint density at radius 1 is 1.52 bits per heavy atom. The lowest BCUT2D eigenvalue weighted by molar-refractivity contribution is -0.132. The average molecular weight is 292 g/mol. The number of anilines is 1. The number of Topliss-reactive ketones (excluding diaryl/α,β-unsaturated/α-hetero) is 2. The van der Waals surface area contributed by atoms with Gasteiger partial charge in [0.25, 0.3) is 5.56 Å². The van der Waals surface area contributed by atoms with E-state index in [0.717, 1.165) is 0 Å². The monoisotopic (exact) mass is 292 g/mol. The number of rotatable bonds is 1. The van der Waals surface area contributed by atoms with E-state index in [-0.39, 0.29) is 0 Å². The van der Waals surface area contributed by atoms with Crippen molar-refractivity contribution >= 4 is 28.2 Å². The maximum atomic E-state index is 13.2. The fraction of sp³-hybridized carbons (Fsp3) is 0.333. The van der Waals surface area contributed by atoms with Crippen molar-refractivity contribution in [3.05, 3.63) is 34.3 Å². The number of carbonyl (C=O) groups is 2. The Morgan fingerprint density at radius 2 is 2.33 bits per heavy atom. The number of fused-ring (bicyclic) bond motifs is 1. The molecule has 1 aliphatic rings. The van der Waals surface area contributed by atoms with E-state index in [1.165, 1.54) is 0 Å². The number of hydrogen-bond donors (Lipinski definition) is 1. The highest BCUT2D eigenvalue weighted by Gasteiger charge is 2.30. The molecule has 2 aromatic rings. The first kappa shape index (κ1) is 7.49. The highest BCUT2D eigenvalue weighted by Crippen LogP contribution is 2.24. The van der Waals surface area contributed by atoms with E-state index >= 15 is 0 Å². The highest BCUT2D eigenvalue weighted by molar-refractivity contribution is 6.03. The van der Waals surface area contributed by atoms with Crippen LogP contribution in [0.25, 0.3) is 10.9 Å². The van der Waals surface area contributed by atoms with Gasteiger partial charge in [0.1, 0.15) is 11.6 Å². The van der Waals surface area contributed by atoms with Crippen molar-refractivity contribution in [3.63, 3.8) is 0 Å². The van der Waals surface area contributed by atoms with Gasteiger partial charge in [0.2, 0.25) is 0 Å². The number of hydrogen-bond acceptors (Lipinski definition) is 5. The third-order valence-electron chi connectivity index (χ3n) is 3.21. The van der Waals surface area contributed by atoms with Crippen LogP contribution in [-0.4, -0.2) is 21.1 Å². The van der Waals surface area contributed by atoms with Crippen molar-refractivity contribution in [3.8, 4) is 0 Å². The number of carbonyl (C=O) groups excluding carboxylic acids is 2. The molecule has 0 saturated heterocycles. The van der Waals surface area contributed by atoms with Gasteiger partial charge in [-0.2, -0.15) is 0 Å². The Bertz CT molecular complexity index is 1100. The summed E-state index contributed by atoms with van der Waals surface area (Å²) in [6.07, 6.45) is -2.88. The van der Waals surface area contributed by atoms with Crippen LogP contribution in [0.3, 0.4) is 0 Å². The van der Waals surface area contributed by atoms with Crippen LogP contribution >= 0.6 is 0 Å². The van der Waals surface area contributed by atoms with Gasteiger partial charge in [-0.15, -0.1) is 0 Å². The maximum absolute atomic E-state index is 13.2. The molecule has 1 heterocycles. The van der Waals surface area contributed by atoms with E-state index in [2.05, 4.69) is 4.98 Å². The van der Waals surface area contributed by atoms with Crippen LogP contribution in [0.1, 0.15) is 40.7 Å². The summed E-state index contributed by atoms with van der Waals surface area (Å²) in [5.41, 5.74) is 3.74.